The van der Waals surface area contributed by atoms with E-state index in [9.17, 15) is 0 Å². The number of fused-ring (bicyclic) bond motifs is 1. The lowest BCUT2D eigenvalue weighted by Gasteiger charge is -2.12. The van der Waals surface area contributed by atoms with Gasteiger partial charge in [0, 0.05) is 5.39 Å². The van der Waals surface area contributed by atoms with Gasteiger partial charge in [-0.15, -0.1) is 0 Å². The molecule has 1 unspecified atom stereocenters. The second kappa shape index (κ2) is 5.30. The number of rotatable bonds is 4. The first-order valence-electron chi connectivity index (χ1n) is 5.78. The topological polar surface area (TPSA) is 25.2 Å². The average molecular weight is 272 g/mol. The summed E-state index contributed by atoms with van der Waals surface area (Å²) in [5, 5.41) is 5.38. The lowest BCUT2D eigenvalue weighted by Crippen LogP contribution is -2.19. The standard InChI is InChI=1S/C13H15Cl2NO/c1-3-10(16-4-2)11-7-8-5-6-9(14)12(15)13(8)17-11/h5-7,10,16H,3-4H2,1-2H3. The summed E-state index contributed by atoms with van der Waals surface area (Å²) >= 11 is 12.1. The summed E-state index contributed by atoms with van der Waals surface area (Å²) in [6, 6.07) is 5.96. The molecule has 0 fully saturated rings. The Balaban J connectivity index is 2.47. The third-order valence-corrected chi connectivity index (χ3v) is 3.59. The Hall–Kier alpha value is -0.700. The van der Waals surface area contributed by atoms with Crippen molar-refractivity contribution < 1.29 is 4.42 Å². The largest absolute Gasteiger partial charge is 0.458 e. The molecule has 2 nitrogen and oxygen atoms in total. The molecule has 0 spiro atoms. The molecule has 1 atom stereocenters. The molecule has 1 N–H and O–H groups in total. The molecule has 4 heteroatoms. The van der Waals surface area contributed by atoms with Crippen LogP contribution < -0.4 is 5.32 Å². The minimum atomic E-state index is 0.224. The maximum Gasteiger partial charge on any atom is 0.154 e. The second-order valence-electron chi connectivity index (χ2n) is 3.95. The highest BCUT2D eigenvalue weighted by Crippen LogP contribution is 2.34. The zero-order valence-corrected chi connectivity index (χ0v) is 11.4. The van der Waals surface area contributed by atoms with Gasteiger partial charge in [0.25, 0.3) is 0 Å². The van der Waals surface area contributed by atoms with Gasteiger partial charge in [-0.25, -0.2) is 0 Å². The first-order chi connectivity index (χ1) is 8.17. The van der Waals surface area contributed by atoms with Gasteiger partial charge in [0.15, 0.2) is 5.58 Å². The van der Waals surface area contributed by atoms with Gasteiger partial charge < -0.3 is 9.73 Å². The van der Waals surface area contributed by atoms with Crippen molar-refractivity contribution in [3.63, 3.8) is 0 Å². The van der Waals surface area contributed by atoms with Gasteiger partial charge in [0.05, 0.1) is 11.1 Å². The molecule has 17 heavy (non-hydrogen) atoms. The van der Waals surface area contributed by atoms with Crippen LogP contribution in [-0.2, 0) is 0 Å². The van der Waals surface area contributed by atoms with Crippen LogP contribution in [0.3, 0.4) is 0 Å². The number of hydrogen-bond donors (Lipinski definition) is 1. The summed E-state index contributed by atoms with van der Waals surface area (Å²) < 4.78 is 5.81. The van der Waals surface area contributed by atoms with Crippen LogP contribution in [0.15, 0.2) is 22.6 Å². The van der Waals surface area contributed by atoms with Crippen molar-refractivity contribution in [2.75, 3.05) is 6.54 Å². The molecule has 92 valence electrons. The minimum absolute atomic E-state index is 0.224. The molecule has 2 rings (SSSR count). The molecule has 0 radical (unpaired) electrons. The Bertz CT molecular complexity index is 521. The summed E-state index contributed by atoms with van der Waals surface area (Å²) in [5.41, 5.74) is 0.672. The molecule has 0 aliphatic rings. The Morgan fingerprint density at radius 3 is 2.71 bits per heavy atom. The van der Waals surface area contributed by atoms with E-state index in [4.69, 9.17) is 27.6 Å². The van der Waals surface area contributed by atoms with Crippen LogP contribution in [0.2, 0.25) is 10.0 Å². The molecule has 0 bridgehead atoms. The van der Waals surface area contributed by atoms with Crippen molar-refractivity contribution in [3.8, 4) is 0 Å². The molecule has 1 aromatic carbocycles. The van der Waals surface area contributed by atoms with Crippen LogP contribution in [0.1, 0.15) is 32.1 Å². The van der Waals surface area contributed by atoms with Gasteiger partial charge >= 0.3 is 0 Å². The monoisotopic (exact) mass is 271 g/mol. The van der Waals surface area contributed by atoms with Crippen molar-refractivity contribution in [2.45, 2.75) is 26.3 Å². The van der Waals surface area contributed by atoms with Crippen molar-refractivity contribution >= 4 is 34.2 Å². The summed E-state index contributed by atoms with van der Waals surface area (Å²) in [7, 11) is 0. The number of furan rings is 1. The van der Waals surface area contributed by atoms with E-state index in [0.29, 0.717) is 15.6 Å². The van der Waals surface area contributed by atoms with E-state index in [1.807, 2.05) is 12.1 Å². The van der Waals surface area contributed by atoms with Crippen molar-refractivity contribution in [2.24, 2.45) is 0 Å². The molecule has 0 aliphatic carbocycles. The minimum Gasteiger partial charge on any atom is -0.458 e. The number of halogens is 2. The average Bonchev–Trinajstić information content (AvgIpc) is 2.75. The van der Waals surface area contributed by atoms with Crippen molar-refractivity contribution in [1.82, 2.24) is 5.32 Å². The number of nitrogens with one attached hydrogen (secondary N) is 1. The quantitative estimate of drug-likeness (QED) is 0.864. The fraction of sp³-hybridized carbons (Fsp3) is 0.385. The lowest BCUT2D eigenvalue weighted by atomic mass is 10.1. The Labute approximate surface area is 111 Å². The zero-order chi connectivity index (χ0) is 12.4. The lowest BCUT2D eigenvalue weighted by molar-refractivity contribution is 0.428. The van der Waals surface area contributed by atoms with Gasteiger partial charge in [-0.3, -0.25) is 0 Å². The Morgan fingerprint density at radius 1 is 1.29 bits per heavy atom. The fourth-order valence-electron chi connectivity index (χ4n) is 1.93. The van der Waals surface area contributed by atoms with Gasteiger partial charge in [-0.05, 0) is 31.2 Å². The molecular formula is C13H15Cl2NO. The SMILES string of the molecule is CCNC(CC)c1cc2ccc(Cl)c(Cl)c2o1. The van der Waals surface area contributed by atoms with Gasteiger partial charge in [0.2, 0.25) is 0 Å². The third-order valence-electron chi connectivity index (χ3n) is 2.80. The highest BCUT2D eigenvalue weighted by Gasteiger charge is 2.15. The maximum absolute atomic E-state index is 6.12. The fourth-order valence-corrected chi connectivity index (χ4v) is 2.29. The molecule has 0 amide bonds. The summed E-state index contributed by atoms with van der Waals surface area (Å²) in [4.78, 5) is 0. The molecule has 0 saturated heterocycles. The van der Waals surface area contributed by atoms with E-state index in [1.54, 1.807) is 6.07 Å². The number of hydrogen-bond acceptors (Lipinski definition) is 2. The zero-order valence-electron chi connectivity index (χ0n) is 9.89. The van der Waals surface area contributed by atoms with E-state index in [1.165, 1.54) is 0 Å². The summed E-state index contributed by atoms with van der Waals surface area (Å²) in [6.45, 7) is 5.11. The highest BCUT2D eigenvalue weighted by atomic mass is 35.5. The van der Waals surface area contributed by atoms with E-state index < -0.39 is 0 Å². The van der Waals surface area contributed by atoms with E-state index in [-0.39, 0.29) is 6.04 Å². The number of benzene rings is 1. The van der Waals surface area contributed by atoms with Gasteiger partial charge in [-0.2, -0.15) is 0 Å². The molecule has 1 heterocycles. The van der Waals surface area contributed by atoms with Crippen molar-refractivity contribution in [3.05, 3.63) is 34.0 Å². The van der Waals surface area contributed by atoms with Crippen LogP contribution in [0.4, 0.5) is 0 Å². The maximum atomic E-state index is 6.12. The van der Waals surface area contributed by atoms with Crippen molar-refractivity contribution in [1.29, 1.82) is 0 Å². The van der Waals surface area contributed by atoms with Crippen LogP contribution in [-0.4, -0.2) is 6.54 Å². The van der Waals surface area contributed by atoms with Crippen LogP contribution in [0, 0.1) is 0 Å². The highest BCUT2D eigenvalue weighted by molar-refractivity contribution is 6.44. The second-order valence-corrected chi connectivity index (χ2v) is 4.73. The van der Waals surface area contributed by atoms with Crippen LogP contribution in [0.25, 0.3) is 11.0 Å². The Morgan fingerprint density at radius 2 is 2.06 bits per heavy atom. The summed E-state index contributed by atoms with van der Waals surface area (Å²) in [6.07, 6.45) is 0.971. The Kier molecular flexibility index (Phi) is 3.97. The first-order valence-corrected chi connectivity index (χ1v) is 6.53. The van der Waals surface area contributed by atoms with E-state index >= 15 is 0 Å². The van der Waals surface area contributed by atoms with Gasteiger partial charge in [-0.1, -0.05) is 37.0 Å². The van der Waals surface area contributed by atoms with Gasteiger partial charge in [0.1, 0.15) is 10.8 Å². The van der Waals surface area contributed by atoms with E-state index in [2.05, 4.69) is 19.2 Å². The molecular weight excluding hydrogens is 257 g/mol. The molecule has 2 aromatic rings. The molecule has 1 aromatic heterocycles. The predicted octanol–water partition coefficient (Wildman–Crippen LogP) is 4.80. The predicted molar refractivity (Wildman–Crippen MR) is 72.9 cm³/mol. The molecule has 0 saturated carbocycles. The molecule has 0 aliphatic heterocycles. The smallest absolute Gasteiger partial charge is 0.154 e. The summed E-state index contributed by atoms with van der Waals surface area (Å²) in [5.74, 6) is 0.911. The van der Waals surface area contributed by atoms with Crippen LogP contribution in [0.5, 0.6) is 0 Å². The normalized spacial score (nSPS) is 13.2. The van der Waals surface area contributed by atoms with E-state index in [0.717, 1.165) is 24.1 Å². The first kappa shape index (κ1) is 12.7. The third kappa shape index (κ3) is 2.44. The van der Waals surface area contributed by atoms with Crippen LogP contribution >= 0.6 is 23.2 Å².